The molecule has 31 heavy (non-hydrogen) atoms. The Kier molecular flexibility index (Phi) is 4.69. The highest BCUT2D eigenvalue weighted by molar-refractivity contribution is 6.23. The number of nitrogens with two attached hydrogens (primary N) is 1. The maximum atomic E-state index is 14.0. The average Bonchev–Trinajstić information content (AvgIpc) is 2.91. The number of allylic oxidation sites excluding steroid dienone is 1. The second-order valence-corrected chi connectivity index (χ2v) is 8.66. The Hall–Kier alpha value is -3.53. The van der Waals surface area contributed by atoms with Crippen molar-refractivity contribution < 1.29 is 23.9 Å². The molecule has 1 amide bonds. The van der Waals surface area contributed by atoms with Crippen LogP contribution in [0.3, 0.4) is 0 Å². The van der Waals surface area contributed by atoms with Gasteiger partial charge in [0.05, 0.1) is 18.7 Å². The van der Waals surface area contributed by atoms with Gasteiger partial charge in [0, 0.05) is 24.1 Å². The normalized spacial score (nSPS) is 24.0. The van der Waals surface area contributed by atoms with Crippen LogP contribution in [0.5, 0.6) is 0 Å². The number of fused-ring (bicyclic) bond motifs is 3. The second-order valence-electron chi connectivity index (χ2n) is 8.66. The van der Waals surface area contributed by atoms with Gasteiger partial charge in [-0.25, -0.2) is 4.79 Å². The number of hydrogen-bond donors (Lipinski definition) is 1. The second kappa shape index (κ2) is 7.02. The van der Waals surface area contributed by atoms with Crippen LogP contribution in [0, 0.1) is 17.8 Å². The summed E-state index contributed by atoms with van der Waals surface area (Å²) >= 11 is 0. The molecular formula is C24H24N2O5. The van der Waals surface area contributed by atoms with Crippen molar-refractivity contribution in [2.45, 2.75) is 39.0 Å². The van der Waals surface area contributed by atoms with Gasteiger partial charge in [-0.2, -0.15) is 0 Å². The van der Waals surface area contributed by atoms with Gasteiger partial charge in [0.25, 0.3) is 0 Å². The largest absolute Gasteiger partial charge is 0.462 e. The van der Waals surface area contributed by atoms with E-state index >= 15 is 0 Å². The number of Topliss-reactive ketones (excluding diaryl/α,β-unsaturated/α-hetero) is 1. The standard InChI is InChI=1S/C24H24N2O5/c1-5-11-26-15-10-8-7-9-14(15)24(22(26)29)18-16(27)12-23(3,4)13-17(18)31-20(25)19(24)21(28)30-6-2/h1,7-10H,6,11-13,25H2,2-4H3/t24-/m0/s1. The smallest absolute Gasteiger partial charge is 0.341 e. The SMILES string of the molecule is C#CCN1C(=O)[C@@]2(C(C(=O)OCC)=C(N)OC3=C2C(=O)CC(C)(C)C3)c2ccccc21. The molecule has 4 rings (SSSR count). The predicted molar refractivity (Wildman–Crippen MR) is 113 cm³/mol. The van der Waals surface area contributed by atoms with Crippen LogP contribution in [0.2, 0.25) is 0 Å². The van der Waals surface area contributed by atoms with E-state index in [0.717, 1.165) is 0 Å². The highest BCUT2D eigenvalue weighted by Crippen LogP contribution is 2.57. The number of para-hydroxylation sites is 1. The topological polar surface area (TPSA) is 98.9 Å². The Morgan fingerprint density at radius 2 is 2.00 bits per heavy atom. The van der Waals surface area contributed by atoms with Gasteiger partial charge in [-0.3, -0.25) is 14.5 Å². The fraction of sp³-hybridized carbons (Fsp3) is 0.375. The van der Waals surface area contributed by atoms with Crippen molar-refractivity contribution in [2.75, 3.05) is 18.1 Å². The zero-order valence-electron chi connectivity index (χ0n) is 17.8. The number of ketones is 1. The molecule has 0 saturated carbocycles. The fourth-order valence-electron chi connectivity index (χ4n) is 4.90. The molecule has 1 spiro atoms. The van der Waals surface area contributed by atoms with Gasteiger partial charge in [0.1, 0.15) is 16.7 Å². The summed E-state index contributed by atoms with van der Waals surface area (Å²) in [5, 5.41) is 0. The van der Waals surface area contributed by atoms with E-state index in [1.807, 2.05) is 13.8 Å². The lowest BCUT2D eigenvalue weighted by atomic mass is 9.62. The molecule has 7 nitrogen and oxygen atoms in total. The number of carbonyl (C=O) groups is 3. The molecule has 160 valence electrons. The summed E-state index contributed by atoms with van der Waals surface area (Å²) in [6.07, 6.45) is 6.14. The number of rotatable bonds is 3. The third kappa shape index (κ3) is 2.78. The summed E-state index contributed by atoms with van der Waals surface area (Å²) in [7, 11) is 0. The minimum absolute atomic E-state index is 0.0171. The summed E-state index contributed by atoms with van der Waals surface area (Å²) in [5.41, 5.74) is 5.12. The number of anilines is 1. The Bertz CT molecular complexity index is 1120. The van der Waals surface area contributed by atoms with Gasteiger partial charge >= 0.3 is 5.97 Å². The molecular weight excluding hydrogens is 396 g/mol. The van der Waals surface area contributed by atoms with Crippen LogP contribution in [0.4, 0.5) is 5.69 Å². The Labute approximate surface area is 180 Å². The number of terminal acetylenes is 1. The minimum atomic E-state index is -1.75. The first-order valence-electron chi connectivity index (χ1n) is 10.2. The molecule has 2 heterocycles. The van der Waals surface area contributed by atoms with Gasteiger partial charge in [-0.15, -0.1) is 6.42 Å². The molecule has 2 N–H and O–H groups in total. The number of ether oxygens (including phenoxy) is 2. The first-order chi connectivity index (χ1) is 14.7. The van der Waals surface area contributed by atoms with E-state index < -0.39 is 17.3 Å². The molecule has 0 radical (unpaired) electrons. The van der Waals surface area contributed by atoms with Gasteiger partial charge in [-0.05, 0) is 18.4 Å². The van der Waals surface area contributed by atoms with Crippen LogP contribution in [0.1, 0.15) is 39.2 Å². The van der Waals surface area contributed by atoms with Crippen molar-refractivity contribution in [3.8, 4) is 12.3 Å². The molecule has 1 atom stereocenters. The highest BCUT2D eigenvalue weighted by atomic mass is 16.5. The van der Waals surface area contributed by atoms with Crippen LogP contribution in [0.25, 0.3) is 0 Å². The summed E-state index contributed by atoms with van der Waals surface area (Å²) in [6, 6.07) is 6.98. The van der Waals surface area contributed by atoms with E-state index in [0.29, 0.717) is 23.4 Å². The summed E-state index contributed by atoms with van der Waals surface area (Å²) in [5.74, 6) is 1.02. The molecule has 1 aromatic carbocycles. The third-order valence-electron chi connectivity index (χ3n) is 5.96. The molecule has 1 aromatic rings. The van der Waals surface area contributed by atoms with Gasteiger partial charge < -0.3 is 15.2 Å². The quantitative estimate of drug-likeness (QED) is 0.595. The Balaban J connectivity index is 2.09. The van der Waals surface area contributed by atoms with Gasteiger partial charge in [-0.1, -0.05) is 38.0 Å². The van der Waals surface area contributed by atoms with Crippen LogP contribution in [0.15, 0.2) is 47.1 Å². The van der Waals surface area contributed by atoms with Gasteiger partial charge in [0.2, 0.25) is 11.8 Å². The lowest BCUT2D eigenvalue weighted by Gasteiger charge is -2.42. The molecule has 0 bridgehead atoms. The predicted octanol–water partition coefficient (Wildman–Crippen LogP) is 2.31. The van der Waals surface area contributed by atoms with Crippen LogP contribution < -0.4 is 10.6 Å². The van der Waals surface area contributed by atoms with Crippen molar-refractivity contribution in [1.82, 2.24) is 0 Å². The van der Waals surface area contributed by atoms with Crippen LogP contribution in [-0.2, 0) is 29.3 Å². The van der Waals surface area contributed by atoms with Crippen molar-refractivity contribution in [2.24, 2.45) is 11.1 Å². The molecule has 2 aliphatic heterocycles. The number of amides is 1. The highest BCUT2D eigenvalue weighted by Gasteiger charge is 2.64. The van der Waals surface area contributed by atoms with E-state index in [-0.39, 0.29) is 47.8 Å². The monoisotopic (exact) mass is 420 g/mol. The minimum Gasteiger partial charge on any atom is -0.462 e. The fourth-order valence-corrected chi connectivity index (χ4v) is 4.90. The van der Waals surface area contributed by atoms with Crippen LogP contribution >= 0.6 is 0 Å². The van der Waals surface area contributed by atoms with Crippen LogP contribution in [-0.4, -0.2) is 30.8 Å². The average molecular weight is 420 g/mol. The zero-order valence-corrected chi connectivity index (χ0v) is 17.8. The first kappa shape index (κ1) is 20.7. The summed E-state index contributed by atoms with van der Waals surface area (Å²) in [4.78, 5) is 42.1. The number of carbonyl (C=O) groups excluding carboxylic acids is 3. The number of nitrogens with zero attached hydrogens (tertiary/aromatic N) is 1. The van der Waals surface area contributed by atoms with E-state index in [4.69, 9.17) is 21.6 Å². The number of hydrogen-bond acceptors (Lipinski definition) is 6. The van der Waals surface area contributed by atoms with Crippen molar-refractivity contribution in [3.05, 3.63) is 52.6 Å². The zero-order chi connectivity index (χ0) is 22.6. The van der Waals surface area contributed by atoms with Crippen molar-refractivity contribution >= 4 is 23.3 Å². The summed E-state index contributed by atoms with van der Waals surface area (Å²) in [6.45, 7) is 5.60. The molecule has 0 aromatic heterocycles. The molecule has 0 saturated heterocycles. The molecule has 3 aliphatic rings. The van der Waals surface area contributed by atoms with E-state index in [1.165, 1.54) is 4.90 Å². The lowest BCUT2D eigenvalue weighted by molar-refractivity contribution is -0.141. The lowest BCUT2D eigenvalue weighted by Crippen LogP contribution is -2.52. The Morgan fingerprint density at radius 3 is 2.68 bits per heavy atom. The molecule has 1 aliphatic carbocycles. The van der Waals surface area contributed by atoms with E-state index in [1.54, 1.807) is 31.2 Å². The summed E-state index contributed by atoms with van der Waals surface area (Å²) < 4.78 is 11.1. The third-order valence-corrected chi connectivity index (χ3v) is 5.96. The maximum Gasteiger partial charge on any atom is 0.341 e. The maximum absolute atomic E-state index is 14.0. The molecule has 0 fully saturated rings. The van der Waals surface area contributed by atoms with E-state index in [9.17, 15) is 14.4 Å². The molecule has 7 heteroatoms. The molecule has 0 unspecified atom stereocenters. The Morgan fingerprint density at radius 1 is 1.29 bits per heavy atom. The van der Waals surface area contributed by atoms with E-state index in [2.05, 4.69) is 5.92 Å². The number of benzene rings is 1. The van der Waals surface area contributed by atoms with Crippen molar-refractivity contribution in [3.63, 3.8) is 0 Å². The first-order valence-corrected chi connectivity index (χ1v) is 10.2. The van der Waals surface area contributed by atoms with Gasteiger partial charge in [0.15, 0.2) is 5.78 Å². The van der Waals surface area contributed by atoms with Crippen molar-refractivity contribution in [1.29, 1.82) is 0 Å². The number of esters is 1.